The highest BCUT2D eigenvalue weighted by atomic mass is 16.2. The molecule has 7 heteroatoms. The molecule has 0 bridgehead atoms. The highest BCUT2D eigenvalue weighted by Gasteiger charge is 2.17. The van der Waals surface area contributed by atoms with E-state index < -0.39 is 0 Å². The summed E-state index contributed by atoms with van der Waals surface area (Å²) < 4.78 is 0. The molecule has 2 N–H and O–H groups in total. The average molecular weight is 394 g/mol. The van der Waals surface area contributed by atoms with Gasteiger partial charge in [0.15, 0.2) is 0 Å². The fourth-order valence-electron chi connectivity index (χ4n) is 3.39. The molecule has 0 spiro atoms. The summed E-state index contributed by atoms with van der Waals surface area (Å²) in [5, 5.41) is 5.45. The molecule has 3 rings (SSSR count). The van der Waals surface area contributed by atoms with Gasteiger partial charge in [-0.2, -0.15) is 0 Å². The molecule has 29 heavy (non-hydrogen) atoms. The zero-order valence-electron chi connectivity index (χ0n) is 16.8. The number of anilines is 4. The van der Waals surface area contributed by atoms with Crippen molar-refractivity contribution in [1.29, 1.82) is 0 Å². The highest BCUT2D eigenvalue weighted by Crippen LogP contribution is 2.24. The van der Waals surface area contributed by atoms with Crippen molar-refractivity contribution in [2.24, 2.45) is 0 Å². The van der Waals surface area contributed by atoms with Crippen LogP contribution in [0.25, 0.3) is 0 Å². The summed E-state index contributed by atoms with van der Waals surface area (Å²) >= 11 is 0. The average Bonchev–Trinajstić information content (AvgIpc) is 3.22. The number of hydrogen-bond donors (Lipinski definition) is 2. The fraction of sp³-hybridized carbons (Fsp3) is 0.318. The molecule has 1 aliphatic heterocycles. The maximum Gasteiger partial charge on any atom is 0.244 e. The van der Waals surface area contributed by atoms with Gasteiger partial charge in [0.2, 0.25) is 17.7 Å². The Morgan fingerprint density at radius 3 is 1.93 bits per heavy atom. The molecule has 1 heterocycles. The lowest BCUT2D eigenvalue weighted by molar-refractivity contribution is -0.120. The Morgan fingerprint density at radius 1 is 0.862 bits per heavy atom. The van der Waals surface area contributed by atoms with Crippen molar-refractivity contribution in [1.82, 2.24) is 0 Å². The number of rotatable bonds is 6. The summed E-state index contributed by atoms with van der Waals surface area (Å²) in [5.74, 6) is -0.652. The Bertz CT molecular complexity index is 872. The second-order valence-corrected chi connectivity index (χ2v) is 7.12. The summed E-state index contributed by atoms with van der Waals surface area (Å²) in [7, 11) is 0. The first-order valence-corrected chi connectivity index (χ1v) is 9.73. The van der Waals surface area contributed by atoms with Crippen LogP contribution in [0, 0.1) is 0 Å². The quantitative estimate of drug-likeness (QED) is 0.788. The second kappa shape index (κ2) is 9.23. The summed E-state index contributed by atoms with van der Waals surface area (Å²) in [6, 6.07) is 14.6. The van der Waals surface area contributed by atoms with Gasteiger partial charge in [-0.15, -0.1) is 0 Å². The molecule has 0 atom stereocenters. The van der Waals surface area contributed by atoms with Crippen LogP contribution in [0.5, 0.6) is 0 Å². The minimum Gasteiger partial charge on any atom is -0.372 e. The van der Waals surface area contributed by atoms with Crippen LogP contribution in [-0.4, -0.2) is 37.4 Å². The van der Waals surface area contributed by atoms with Gasteiger partial charge < -0.3 is 20.4 Å². The number of carbonyl (C=O) groups is 3. The van der Waals surface area contributed by atoms with Gasteiger partial charge in [-0.1, -0.05) is 0 Å². The molecule has 0 saturated carbocycles. The van der Waals surface area contributed by atoms with Crippen molar-refractivity contribution in [2.75, 3.05) is 40.1 Å². The number of nitrogens with zero attached hydrogens (tertiary/aromatic N) is 2. The summed E-state index contributed by atoms with van der Waals surface area (Å²) in [4.78, 5) is 39.4. The Balaban J connectivity index is 1.63. The predicted molar refractivity (Wildman–Crippen MR) is 115 cm³/mol. The van der Waals surface area contributed by atoms with Crippen LogP contribution >= 0.6 is 0 Å². The molecule has 2 aromatic rings. The van der Waals surface area contributed by atoms with Crippen molar-refractivity contribution < 1.29 is 14.4 Å². The van der Waals surface area contributed by atoms with Crippen molar-refractivity contribution >= 4 is 40.5 Å². The molecule has 0 aliphatic carbocycles. The first-order valence-electron chi connectivity index (χ1n) is 9.73. The Hall–Kier alpha value is -3.35. The number of amides is 3. The number of hydrogen-bond acceptors (Lipinski definition) is 4. The number of benzene rings is 2. The molecule has 1 aliphatic rings. The van der Waals surface area contributed by atoms with Crippen molar-refractivity contribution in [3.8, 4) is 0 Å². The van der Waals surface area contributed by atoms with Gasteiger partial charge >= 0.3 is 0 Å². The largest absolute Gasteiger partial charge is 0.372 e. The van der Waals surface area contributed by atoms with E-state index in [4.69, 9.17) is 0 Å². The molecule has 0 unspecified atom stereocenters. The van der Waals surface area contributed by atoms with E-state index in [1.807, 2.05) is 24.3 Å². The van der Waals surface area contributed by atoms with Gasteiger partial charge in [-0.25, -0.2) is 0 Å². The van der Waals surface area contributed by atoms with E-state index in [0.717, 1.165) is 18.8 Å². The van der Waals surface area contributed by atoms with E-state index >= 15 is 0 Å². The molecule has 3 amide bonds. The normalized spacial score (nSPS) is 13.1. The smallest absolute Gasteiger partial charge is 0.244 e. The minimum atomic E-state index is -0.295. The van der Waals surface area contributed by atoms with Gasteiger partial charge in [0, 0.05) is 49.7 Å². The van der Waals surface area contributed by atoms with Crippen LogP contribution in [0.15, 0.2) is 48.5 Å². The zero-order chi connectivity index (χ0) is 20.8. The first kappa shape index (κ1) is 20.4. The number of nitrogens with one attached hydrogen (secondary N) is 2. The van der Waals surface area contributed by atoms with Gasteiger partial charge in [0.25, 0.3) is 0 Å². The topological polar surface area (TPSA) is 81.8 Å². The fourth-order valence-corrected chi connectivity index (χ4v) is 3.39. The molecule has 1 saturated heterocycles. The van der Waals surface area contributed by atoms with Crippen molar-refractivity contribution in [3.05, 3.63) is 48.5 Å². The zero-order valence-corrected chi connectivity index (χ0v) is 16.8. The minimum absolute atomic E-state index is 0.0775. The third-order valence-electron chi connectivity index (χ3n) is 4.80. The van der Waals surface area contributed by atoms with Crippen molar-refractivity contribution in [3.63, 3.8) is 0 Å². The summed E-state index contributed by atoms with van der Waals surface area (Å²) in [5.41, 5.74) is 3.08. The van der Waals surface area contributed by atoms with E-state index in [0.29, 0.717) is 17.1 Å². The first-order chi connectivity index (χ1) is 13.9. The van der Waals surface area contributed by atoms with Crippen LogP contribution in [0.1, 0.15) is 26.7 Å². The van der Waals surface area contributed by atoms with Crippen LogP contribution in [0.2, 0.25) is 0 Å². The van der Waals surface area contributed by atoms with Crippen LogP contribution in [-0.2, 0) is 14.4 Å². The predicted octanol–water partition coefficient (Wildman–Crippen LogP) is 3.24. The van der Waals surface area contributed by atoms with E-state index in [1.54, 1.807) is 24.3 Å². The Kier molecular flexibility index (Phi) is 6.49. The van der Waals surface area contributed by atoms with Gasteiger partial charge in [0.1, 0.15) is 6.54 Å². The van der Waals surface area contributed by atoms with E-state index in [1.165, 1.54) is 31.6 Å². The lowest BCUT2D eigenvalue weighted by Gasteiger charge is -2.23. The SMILES string of the molecule is CC(=O)Nc1ccc(NC(=O)CN(C(C)=O)c2ccc(N3CCCC3)cc2)cc1. The van der Waals surface area contributed by atoms with Gasteiger partial charge in [-0.3, -0.25) is 14.4 Å². The Labute approximate surface area is 170 Å². The third-order valence-corrected chi connectivity index (χ3v) is 4.80. The van der Waals surface area contributed by atoms with Crippen LogP contribution in [0.4, 0.5) is 22.7 Å². The molecular weight excluding hydrogens is 368 g/mol. The van der Waals surface area contributed by atoms with E-state index in [2.05, 4.69) is 15.5 Å². The number of carbonyl (C=O) groups excluding carboxylic acids is 3. The molecule has 2 aromatic carbocycles. The standard InChI is InChI=1S/C22H26N4O3/c1-16(27)23-18-5-7-19(8-6-18)24-22(29)15-26(17(2)28)21-11-9-20(10-12-21)25-13-3-4-14-25/h5-12H,3-4,13-15H2,1-2H3,(H,23,27)(H,24,29). The molecule has 0 radical (unpaired) electrons. The van der Waals surface area contributed by atoms with Gasteiger partial charge in [0.05, 0.1) is 0 Å². The second-order valence-electron chi connectivity index (χ2n) is 7.12. The molecule has 7 nitrogen and oxygen atoms in total. The lowest BCUT2D eigenvalue weighted by Crippen LogP contribution is -2.36. The monoisotopic (exact) mass is 394 g/mol. The molecule has 152 valence electrons. The maximum absolute atomic E-state index is 12.5. The maximum atomic E-state index is 12.5. The summed E-state index contributed by atoms with van der Waals surface area (Å²) in [6.07, 6.45) is 2.40. The highest BCUT2D eigenvalue weighted by molar-refractivity contribution is 6.02. The van der Waals surface area contributed by atoms with Gasteiger partial charge in [-0.05, 0) is 61.4 Å². The van der Waals surface area contributed by atoms with E-state index in [-0.39, 0.29) is 24.3 Å². The molecule has 1 fully saturated rings. The summed E-state index contributed by atoms with van der Waals surface area (Å²) in [6.45, 7) is 4.91. The third kappa shape index (κ3) is 5.57. The molecule has 0 aromatic heterocycles. The lowest BCUT2D eigenvalue weighted by atomic mass is 10.2. The van der Waals surface area contributed by atoms with E-state index in [9.17, 15) is 14.4 Å². The Morgan fingerprint density at radius 2 is 1.41 bits per heavy atom. The van der Waals surface area contributed by atoms with Crippen LogP contribution < -0.4 is 20.4 Å². The van der Waals surface area contributed by atoms with Crippen LogP contribution in [0.3, 0.4) is 0 Å². The molecular formula is C22H26N4O3. The van der Waals surface area contributed by atoms with Crippen molar-refractivity contribution in [2.45, 2.75) is 26.7 Å².